The summed E-state index contributed by atoms with van der Waals surface area (Å²) >= 11 is 0. The van der Waals surface area contributed by atoms with Gasteiger partial charge in [-0.3, -0.25) is 0 Å². The van der Waals surface area contributed by atoms with Gasteiger partial charge in [-0.1, -0.05) is 66.7 Å². The highest BCUT2D eigenvalue weighted by Crippen LogP contribution is 2.37. The summed E-state index contributed by atoms with van der Waals surface area (Å²) in [6.07, 6.45) is 6.39. The minimum Gasteiger partial charge on any atom is -0.464 e. The van der Waals surface area contributed by atoms with Crippen molar-refractivity contribution in [1.29, 1.82) is 0 Å². The predicted octanol–water partition coefficient (Wildman–Crippen LogP) is 8.03. The lowest BCUT2D eigenvalue weighted by atomic mass is 9.91. The normalized spacial score (nSPS) is 15.2. The molecule has 0 aliphatic heterocycles. The maximum Gasteiger partial charge on any atom is 0.137 e. The Morgan fingerprint density at radius 1 is 0.733 bits per heavy atom. The Labute approximate surface area is 176 Å². The molecular weight excluding hydrogens is 364 g/mol. The van der Waals surface area contributed by atoms with E-state index in [9.17, 15) is 0 Å². The molecule has 1 unspecified atom stereocenters. The van der Waals surface area contributed by atoms with Crippen molar-refractivity contribution < 1.29 is 4.42 Å². The molecule has 0 N–H and O–H groups in total. The molecule has 0 saturated carbocycles. The molecule has 144 valence electrons. The van der Waals surface area contributed by atoms with Crippen molar-refractivity contribution >= 4 is 27.6 Å². The largest absolute Gasteiger partial charge is 0.464 e. The first-order valence-electron chi connectivity index (χ1n) is 10.5. The van der Waals surface area contributed by atoms with Crippen molar-refractivity contribution in [3.63, 3.8) is 0 Å². The van der Waals surface area contributed by atoms with Crippen LogP contribution < -0.4 is 0 Å². The van der Waals surface area contributed by atoms with Gasteiger partial charge in [-0.15, -0.1) is 0 Å². The van der Waals surface area contributed by atoms with Gasteiger partial charge in [0.2, 0.25) is 0 Å². The summed E-state index contributed by atoms with van der Waals surface area (Å²) in [5.74, 6) is 1.30. The minimum absolute atomic E-state index is 0.335. The van der Waals surface area contributed by atoms with E-state index < -0.39 is 0 Å². The molecule has 1 aromatic heterocycles. The first-order chi connectivity index (χ1) is 14.7. The zero-order valence-electron chi connectivity index (χ0n) is 17.1. The Hall–Kier alpha value is -3.58. The minimum atomic E-state index is 0.335. The third-order valence-corrected chi connectivity index (χ3v) is 6.53. The van der Waals surface area contributed by atoms with Crippen LogP contribution in [0.3, 0.4) is 0 Å². The standard InChI is InChI=1S/C29H22O/c1-18-17-30-29(19(18)2)24-10-8-22-13-21-7-9-23(14-25(21)16-26(22)15-24)28-12-11-20-5-3-4-6-27(20)28/h3-17,28H,1-2H3. The Morgan fingerprint density at radius 2 is 1.50 bits per heavy atom. The second-order valence-corrected chi connectivity index (χ2v) is 8.36. The lowest BCUT2D eigenvalue weighted by Gasteiger charge is -2.13. The molecule has 1 aliphatic rings. The van der Waals surface area contributed by atoms with Crippen molar-refractivity contribution in [2.24, 2.45) is 0 Å². The molecule has 1 heterocycles. The van der Waals surface area contributed by atoms with E-state index in [0.717, 1.165) is 11.3 Å². The van der Waals surface area contributed by atoms with Gasteiger partial charge in [0.25, 0.3) is 0 Å². The first-order valence-corrected chi connectivity index (χ1v) is 10.5. The van der Waals surface area contributed by atoms with Crippen LogP contribution in [0.4, 0.5) is 0 Å². The molecule has 4 aromatic carbocycles. The van der Waals surface area contributed by atoms with Gasteiger partial charge in [-0.05, 0) is 81.4 Å². The van der Waals surface area contributed by atoms with E-state index in [1.165, 1.54) is 49.4 Å². The van der Waals surface area contributed by atoms with E-state index in [-0.39, 0.29) is 0 Å². The topological polar surface area (TPSA) is 13.1 Å². The smallest absolute Gasteiger partial charge is 0.137 e. The molecule has 1 nitrogen and oxygen atoms in total. The summed E-state index contributed by atoms with van der Waals surface area (Å²) in [6, 6.07) is 26.8. The highest BCUT2D eigenvalue weighted by molar-refractivity contribution is 6.00. The molecule has 1 heteroatoms. The highest BCUT2D eigenvalue weighted by atomic mass is 16.3. The Bertz CT molecular complexity index is 1470. The molecule has 0 amide bonds. The average molecular weight is 386 g/mol. The molecule has 0 radical (unpaired) electrons. The second-order valence-electron chi connectivity index (χ2n) is 8.36. The summed E-state index contributed by atoms with van der Waals surface area (Å²) < 4.78 is 5.83. The van der Waals surface area contributed by atoms with Crippen LogP contribution in [0, 0.1) is 13.8 Å². The number of hydrogen-bond acceptors (Lipinski definition) is 1. The lowest BCUT2D eigenvalue weighted by Crippen LogP contribution is -1.95. The number of aryl methyl sites for hydroxylation is 1. The van der Waals surface area contributed by atoms with E-state index in [4.69, 9.17) is 4.42 Å². The van der Waals surface area contributed by atoms with Crippen molar-refractivity contribution in [2.45, 2.75) is 19.8 Å². The van der Waals surface area contributed by atoms with Gasteiger partial charge in [0.15, 0.2) is 0 Å². The molecule has 0 spiro atoms. The average Bonchev–Trinajstić information content (AvgIpc) is 3.35. The fourth-order valence-electron chi connectivity index (χ4n) is 4.68. The molecule has 30 heavy (non-hydrogen) atoms. The second kappa shape index (κ2) is 6.47. The molecular formula is C29H22O. The van der Waals surface area contributed by atoms with Crippen molar-refractivity contribution in [1.82, 2.24) is 0 Å². The van der Waals surface area contributed by atoms with Crippen LogP contribution in [0.2, 0.25) is 0 Å². The third-order valence-electron chi connectivity index (χ3n) is 6.53. The lowest BCUT2D eigenvalue weighted by molar-refractivity contribution is 0.579. The van der Waals surface area contributed by atoms with Crippen molar-refractivity contribution in [3.8, 4) is 11.3 Å². The quantitative estimate of drug-likeness (QED) is 0.280. The highest BCUT2D eigenvalue weighted by Gasteiger charge is 2.18. The van der Waals surface area contributed by atoms with Crippen LogP contribution in [-0.2, 0) is 0 Å². The summed E-state index contributed by atoms with van der Waals surface area (Å²) in [5, 5.41) is 5.06. The molecule has 1 aliphatic carbocycles. The number of rotatable bonds is 2. The Kier molecular flexibility index (Phi) is 3.73. The van der Waals surface area contributed by atoms with Crippen LogP contribution >= 0.6 is 0 Å². The summed E-state index contributed by atoms with van der Waals surface area (Å²) in [4.78, 5) is 0. The molecule has 5 aromatic rings. The number of fused-ring (bicyclic) bond motifs is 3. The first kappa shape index (κ1) is 17.3. The van der Waals surface area contributed by atoms with Crippen LogP contribution in [0.5, 0.6) is 0 Å². The van der Waals surface area contributed by atoms with E-state index >= 15 is 0 Å². The van der Waals surface area contributed by atoms with Gasteiger partial charge in [-0.25, -0.2) is 0 Å². The van der Waals surface area contributed by atoms with Gasteiger partial charge < -0.3 is 4.42 Å². The Balaban J connectivity index is 1.48. The molecule has 6 rings (SSSR count). The fraction of sp³-hybridized carbons (Fsp3) is 0.103. The number of allylic oxidation sites excluding steroid dienone is 1. The zero-order chi connectivity index (χ0) is 20.2. The fourth-order valence-corrected chi connectivity index (χ4v) is 4.68. The van der Waals surface area contributed by atoms with Gasteiger partial charge in [0, 0.05) is 11.5 Å². The number of furan rings is 1. The van der Waals surface area contributed by atoms with Gasteiger partial charge in [0.05, 0.1) is 6.26 Å². The zero-order valence-corrected chi connectivity index (χ0v) is 17.1. The van der Waals surface area contributed by atoms with Crippen molar-refractivity contribution in [3.05, 3.63) is 113 Å². The van der Waals surface area contributed by atoms with E-state index in [1.807, 2.05) is 6.26 Å². The van der Waals surface area contributed by atoms with E-state index in [1.54, 1.807) is 0 Å². The molecule has 0 fully saturated rings. The molecule has 0 saturated heterocycles. The summed E-state index contributed by atoms with van der Waals surface area (Å²) in [5.41, 5.74) is 7.61. The SMILES string of the molecule is Cc1coc(-c2ccc3cc4ccc(C5C=Cc6ccccc65)cc4cc3c2)c1C. The summed E-state index contributed by atoms with van der Waals surface area (Å²) in [7, 11) is 0. The van der Waals surface area contributed by atoms with Crippen LogP contribution in [0.25, 0.3) is 38.9 Å². The summed E-state index contributed by atoms with van der Waals surface area (Å²) in [6.45, 7) is 4.21. The van der Waals surface area contributed by atoms with Crippen LogP contribution in [0.1, 0.15) is 33.7 Å². The predicted molar refractivity (Wildman–Crippen MR) is 126 cm³/mol. The van der Waals surface area contributed by atoms with E-state index in [2.05, 4.69) is 98.8 Å². The van der Waals surface area contributed by atoms with Gasteiger partial charge >= 0.3 is 0 Å². The molecule has 1 atom stereocenters. The third kappa shape index (κ3) is 2.63. The van der Waals surface area contributed by atoms with Crippen LogP contribution in [-0.4, -0.2) is 0 Å². The number of hydrogen-bond donors (Lipinski definition) is 0. The molecule has 0 bridgehead atoms. The Morgan fingerprint density at radius 3 is 2.33 bits per heavy atom. The maximum atomic E-state index is 5.83. The van der Waals surface area contributed by atoms with Gasteiger partial charge in [0.1, 0.15) is 5.76 Å². The monoisotopic (exact) mass is 386 g/mol. The number of benzene rings is 4. The maximum absolute atomic E-state index is 5.83. The van der Waals surface area contributed by atoms with Crippen molar-refractivity contribution in [2.75, 3.05) is 0 Å². The van der Waals surface area contributed by atoms with E-state index in [0.29, 0.717) is 5.92 Å². The van der Waals surface area contributed by atoms with Gasteiger partial charge in [-0.2, -0.15) is 0 Å². The van der Waals surface area contributed by atoms with Crippen LogP contribution in [0.15, 0.2) is 89.6 Å².